The lowest BCUT2D eigenvalue weighted by atomic mass is 9.69. The number of rotatable bonds is 3. The third kappa shape index (κ3) is 3.11. The van der Waals surface area contributed by atoms with Gasteiger partial charge in [0.15, 0.2) is 0 Å². The first-order valence-corrected chi connectivity index (χ1v) is 16.9. The summed E-state index contributed by atoms with van der Waals surface area (Å²) in [5.74, 6) is -0.827. The Bertz CT molecular complexity index is 1650. The number of hydrogen-bond donors (Lipinski definition) is 0. The van der Waals surface area contributed by atoms with E-state index in [4.69, 9.17) is 0 Å². The van der Waals surface area contributed by atoms with Gasteiger partial charge < -0.3 is 0 Å². The molecule has 1 spiro atoms. The molecule has 2 aromatic rings. The molecule has 0 radical (unpaired) electrons. The maximum atomic E-state index is 14.6. The maximum absolute atomic E-state index is 14.6. The highest BCUT2D eigenvalue weighted by molar-refractivity contribution is 7.93. The van der Waals surface area contributed by atoms with E-state index in [-0.39, 0.29) is 22.1 Å². The van der Waals surface area contributed by atoms with E-state index in [2.05, 4.69) is 13.8 Å². The molecule has 2 saturated carbocycles. The van der Waals surface area contributed by atoms with Crippen molar-refractivity contribution in [3.63, 3.8) is 0 Å². The van der Waals surface area contributed by atoms with E-state index in [1.54, 1.807) is 36.4 Å². The SMILES string of the molecule is CC1=C2c3ccccc3N(S(=O)(=O)c3ccccc3)C2C(C(=O)N2C3CC4CCC3(CS2(=O)=O)C4(C)C)CC1. The lowest BCUT2D eigenvalue weighted by Crippen LogP contribution is -2.53. The number of carbonyl (C=O) groups excluding carboxylic acids is 1. The van der Waals surface area contributed by atoms with Crippen LogP contribution in [0.15, 0.2) is 65.1 Å². The van der Waals surface area contributed by atoms with E-state index in [0.29, 0.717) is 30.9 Å². The molecule has 2 aromatic carbocycles. The van der Waals surface area contributed by atoms with Gasteiger partial charge in [-0.3, -0.25) is 9.10 Å². The van der Waals surface area contributed by atoms with Crippen LogP contribution >= 0.6 is 0 Å². The fourth-order valence-corrected chi connectivity index (χ4v) is 13.1. The molecule has 5 atom stereocenters. The summed E-state index contributed by atoms with van der Waals surface area (Å²) >= 11 is 0. The molecule has 2 heterocycles. The van der Waals surface area contributed by atoms with Crippen molar-refractivity contribution in [2.75, 3.05) is 10.1 Å². The first kappa shape index (κ1) is 25.3. The summed E-state index contributed by atoms with van der Waals surface area (Å²) < 4.78 is 58.6. The van der Waals surface area contributed by atoms with E-state index in [1.807, 2.05) is 25.1 Å². The highest BCUT2D eigenvalue weighted by atomic mass is 32.2. The van der Waals surface area contributed by atoms with Crippen molar-refractivity contribution in [2.45, 2.75) is 69.9 Å². The average Bonchev–Trinajstić information content (AvgIpc) is 3.52. The summed E-state index contributed by atoms with van der Waals surface area (Å²) in [7, 11) is -7.86. The predicted molar refractivity (Wildman–Crippen MR) is 150 cm³/mol. The molecule has 206 valence electrons. The second-order valence-corrected chi connectivity index (χ2v) is 16.3. The lowest BCUT2D eigenvalue weighted by molar-refractivity contribution is -0.133. The number of amides is 1. The second kappa shape index (κ2) is 7.97. The van der Waals surface area contributed by atoms with Crippen molar-refractivity contribution in [2.24, 2.45) is 22.7 Å². The Morgan fingerprint density at radius 1 is 1.00 bits per heavy atom. The standard InChI is InChI=1S/C30H34N2O5S2/c1-19-13-14-23(28(33)32-25-17-20-15-16-30(25,29(20,2)3)18-38(32,34)35)27-26(19)22-11-7-8-12-24(22)31(27)39(36,37)21-9-5-4-6-10-21/h4-12,20,23,25,27H,13-18H2,1-3H3. The molecule has 7 rings (SSSR count). The number of benzene rings is 2. The summed E-state index contributed by atoms with van der Waals surface area (Å²) in [5, 5.41) is 0. The molecule has 3 fully saturated rings. The van der Waals surface area contributed by atoms with Crippen LogP contribution in [0.4, 0.5) is 5.69 Å². The monoisotopic (exact) mass is 566 g/mol. The average molecular weight is 567 g/mol. The number of anilines is 1. The molecule has 3 aliphatic carbocycles. The van der Waals surface area contributed by atoms with Crippen LogP contribution in [-0.2, 0) is 24.8 Å². The van der Waals surface area contributed by atoms with Gasteiger partial charge in [-0.05, 0) is 74.1 Å². The van der Waals surface area contributed by atoms with Crippen LogP contribution in [0, 0.1) is 22.7 Å². The molecular formula is C30H34N2O5S2. The van der Waals surface area contributed by atoms with Gasteiger partial charge in [-0.25, -0.2) is 21.1 Å². The van der Waals surface area contributed by atoms with Crippen molar-refractivity contribution in [3.05, 3.63) is 65.7 Å². The van der Waals surface area contributed by atoms with E-state index < -0.39 is 43.3 Å². The number of sulfonamides is 2. The molecule has 0 N–H and O–H groups in total. The topological polar surface area (TPSA) is 91.8 Å². The Morgan fingerprint density at radius 2 is 1.69 bits per heavy atom. The van der Waals surface area contributed by atoms with Crippen molar-refractivity contribution < 1.29 is 21.6 Å². The molecule has 39 heavy (non-hydrogen) atoms. The Morgan fingerprint density at radius 3 is 2.41 bits per heavy atom. The quantitative estimate of drug-likeness (QED) is 0.532. The van der Waals surface area contributed by atoms with Gasteiger partial charge in [0.1, 0.15) is 0 Å². The van der Waals surface area contributed by atoms with E-state index >= 15 is 0 Å². The Labute approximate surface area is 231 Å². The van der Waals surface area contributed by atoms with Crippen LogP contribution in [0.5, 0.6) is 0 Å². The molecule has 2 aliphatic heterocycles. The molecule has 1 saturated heterocycles. The van der Waals surface area contributed by atoms with Crippen molar-refractivity contribution in [1.29, 1.82) is 0 Å². The minimum atomic E-state index is -4.03. The molecular weight excluding hydrogens is 532 g/mol. The third-order valence-corrected chi connectivity index (χ3v) is 14.6. The molecule has 5 aliphatic rings. The summed E-state index contributed by atoms with van der Waals surface area (Å²) in [6, 6.07) is 14.5. The zero-order valence-electron chi connectivity index (χ0n) is 22.5. The first-order valence-electron chi connectivity index (χ1n) is 13.9. The summed E-state index contributed by atoms with van der Waals surface area (Å²) in [5.41, 5.74) is 2.66. The minimum Gasteiger partial charge on any atom is -0.273 e. The number of fused-ring (bicyclic) bond motifs is 4. The Balaban J connectivity index is 1.36. The zero-order chi connectivity index (χ0) is 27.5. The smallest absolute Gasteiger partial charge is 0.264 e. The molecule has 9 heteroatoms. The number of nitrogens with zero attached hydrogens (tertiary/aromatic N) is 2. The predicted octanol–water partition coefficient (Wildman–Crippen LogP) is 4.81. The normalized spacial score (nSPS) is 33.7. The largest absolute Gasteiger partial charge is 0.273 e. The van der Waals surface area contributed by atoms with Gasteiger partial charge in [-0.1, -0.05) is 55.8 Å². The van der Waals surface area contributed by atoms with Crippen LogP contribution in [0.25, 0.3) is 5.57 Å². The van der Waals surface area contributed by atoms with E-state index in [0.717, 1.165) is 29.6 Å². The fraction of sp³-hybridized carbons (Fsp3) is 0.500. The fourth-order valence-electron chi connectivity index (χ4n) is 8.82. The van der Waals surface area contributed by atoms with Crippen molar-refractivity contribution in [3.8, 4) is 0 Å². The van der Waals surface area contributed by atoms with Crippen LogP contribution in [0.2, 0.25) is 0 Å². The van der Waals surface area contributed by atoms with Crippen LogP contribution < -0.4 is 4.31 Å². The number of allylic oxidation sites excluding steroid dienone is 1. The van der Waals surface area contributed by atoms with Crippen LogP contribution in [0.1, 0.15) is 58.4 Å². The Kier molecular flexibility index (Phi) is 5.17. The van der Waals surface area contributed by atoms with Crippen molar-refractivity contribution >= 4 is 37.2 Å². The van der Waals surface area contributed by atoms with Gasteiger partial charge in [0, 0.05) is 11.0 Å². The summed E-state index contributed by atoms with van der Waals surface area (Å²) in [6.45, 7) is 6.33. The van der Waals surface area contributed by atoms with Gasteiger partial charge in [-0.15, -0.1) is 0 Å². The molecule has 0 aromatic heterocycles. The van der Waals surface area contributed by atoms with E-state index in [1.165, 1.54) is 8.61 Å². The second-order valence-electron chi connectivity index (χ2n) is 12.7. The maximum Gasteiger partial charge on any atom is 0.264 e. The van der Waals surface area contributed by atoms with Gasteiger partial charge >= 0.3 is 0 Å². The van der Waals surface area contributed by atoms with Crippen molar-refractivity contribution in [1.82, 2.24) is 4.31 Å². The van der Waals surface area contributed by atoms with Crippen LogP contribution in [0.3, 0.4) is 0 Å². The third-order valence-electron chi connectivity index (χ3n) is 10.9. The van der Waals surface area contributed by atoms with Gasteiger partial charge in [0.2, 0.25) is 15.9 Å². The number of carbonyl (C=O) groups is 1. The highest BCUT2D eigenvalue weighted by Crippen LogP contribution is 2.70. The molecule has 1 amide bonds. The van der Waals surface area contributed by atoms with Crippen LogP contribution in [-0.4, -0.2) is 44.9 Å². The molecule has 2 bridgehead atoms. The number of para-hydroxylation sites is 1. The number of hydrogen-bond acceptors (Lipinski definition) is 5. The van der Waals surface area contributed by atoms with Gasteiger partial charge in [-0.2, -0.15) is 0 Å². The molecule has 5 unspecified atom stereocenters. The van der Waals surface area contributed by atoms with Gasteiger partial charge in [0.25, 0.3) is 10.0 Å². The minimum absolute atomic E-state index is 0.00523. The lowest BCUT2D eigenvalue weighted by Gasteiger charge is -2.40. The molecule has 7 nitrogen and oxygen atoms in total. The van der Waals surface area contributed by atoms with Gasteiger partial charge in [0.05, 0.1) is 34.3 Å². The summed E-state index contributed by atoms with van der Waals surface area (Å²) in [6.07, 6.45) is 3.54. The first-order chi connectivity index (χ1) is 18.4. The summed E-state index contributed by atoms with van der Waals surface area (Å²) in [4.78, 5) is 14.7. The van der Waals surface area contributed by atoms with E-state index in [9.17, 15) is 21.6 Å². The highest BCUT2D eigenvalue weighted by Gasteiger charge is 2.72. The zero-order valence-corrected chi connectivity index (χ0v) is 24.1. The Hall–Kier alpha value is -2.65.